The van der Waals surface area contributed by atoms with Crippen LogP contribution in [0.3, 0.4) is 0 Å². The van der Waals surface area contributed by atoms with Crippen LogP contribution in [0.15, 0.2) is 9.59 Å². The number of anilines is 2. The molecule has 0 spiro atoms. The Morgan fingerprint density at radius 1 is 1.27 bits per heavy atom. The molecule has 0 heterocycles. The first-order valence-electron chi connectivity index (χ1n) is 4.02. The van der Waals surface area contributed by atoms with Gasteiger partial charge in [0.15, 0.2) is 0 Å². The van der Waals surface area contributed by atoms with Crippen LogP contribution in [0.4, 0.5) is 11.4 Å². The van der Waals surface area contributed by atoms with Crippen LogP contribution in [0.25, 0.3) is 0 Å². The van der Waals surface area contributed by atoms with Crippen LogP contribution >= 0.6 is 0 Å². The fraction of sp³-hybridized carbons (Fsp3) is 0.375. The van der Waals surface area contributed by atoms with Gasteiger partial charge in [0.05, 0.1) is 0 Å². The molecule has 0 bridgehead atoms. The van der Waals surface area contributed by atoms with E-state index in [4.69, 9.17) is 0 Å². The van der Waals surface area contributed by atoms with Crippen LogP contribution in [0, 0.1) is 0 Å². The predicted molar refractivity (Wildman–Crippen MR) is 49.0 cm³/mol. The zero-order valence-electron chi connectivity index (χ0n) is 8.55. The first-order valence-corrected chi connectivity index (χ1v) is 4.02. The largest absolute Gasteiger partial charge is 1.00 e. The van der Waals surface area contributed by atoms with Crippen LogP contribution in [0.1, 0.15) is 6.42 Å². The smallest absolute Gasteiger partial charge is 0.550 e. The Hall–Kier alpha value is -0.850. The van der Waals surface area contributed by atoms with E-state index in [9.17, 15) is 19.5 Å². The van der Waals surface area contributed by atoms with Crippen LogP contribution < -0.4 is 56.2 Å². The summed E-state index contributed by atoms with van der Waals surface area (Å²) in [7, 11) is 1.51. The molecule has 0 amide bonds. The summed E-state index contributed by atoms with van der Waals surface area (Å²) in [6, 6.07) is 0. The number of hydrogen-bond donors (Lipinski definition) is 2. The Kier molecular flexibility index (Phi) is 5.56. The molecule has 7 heteroatoms. The van der Waals surface area contributed by atoms with E-state index in [1.165, 1.54) is 7.05 Å². The maximum Gasteiger partial charge on any atom is 1.00 e. The van der Waals surface area contributed by atoms with Gasteiger partial charge in [0.1, 0.15) is 11.4 Å². The van der Waals surface area contributed by atoms with Crippen LogP contribution in [-0.2, 0) is 4.79 Å². The van der Waals surface area contributed by atoms with E-state index < -0.39 is 16.8 Å². The summed E-state index contributed by atoms with van der Waals surface area (Å²) in [5.74, 6) is -1.21. The summed E-state index contributed by atoms with van der Waals surface area (Å²) in [5, 5.41) is 15.2. The van der Waals surface area contributed by atoms with Crippen LogP contribution in [0.5, 0.6) is 0 Å². The molecule has 0 aromatic heterocycles. The molecular formula is C8H9N2NaO4. The van der Waals surface area contributed by atoms with E-state index in [1.807, 2.05) is 0 Å². The van der Waals surface area contributed by atoms with Gasteiger partial charge in [-0.25, -0.2) is 0 Å². The second-order valence-corrected chi connectivity index (χ2v) is 2.71. The molecule has 0 radical (unpaired) electrons. The molecule has 1 aromatic rings. The molecule has 15 heavy (non-hydrogen) atoms. The second kappa shape index (κ2) is 5.89. The first kappa shape index (κ1) is 14.2. The Labute approximate surface area is 108 Å². The van der Waals surface area contributed by atoms with Gasteiger partial charge in [0, 0.05) is 26.0 Å². The van der Waals surface area contributed by atoms with Crippen molar-refractivity contribution in [2.45, 2.75) is 6.42 Å². The SMILES string of the molecule is CNc1c(NCCC(=O)[O-])c(=O)c1=O.[Na+]. The molecule has 0 unspecified atom stereocenters. The number of carbonyl (C=O) groups excluding carboxylic acids is 1. The molecule has 2 N–H and O–H groups in total. The molecule has 0 aliphatic rings. The summed E-state index contributed by atoms with van der Waals surface area (Å²) in [5.41, 5.74) is -0.844. The summed E-state index contributed by atoms with van der Waals surface area (Å²) in [4.78, 5) is 31.8. The van der Waals surface area contributed by atoms with Crippen LogP contribution in [-0.4, -0.2) is 19.6 Å². The number of hydrogen-bond acceptors (Lipinski definition) is 6. The fourth-order valence-corrected chi connectivity index (χ4v) is 1.09. The van der Waals surface area contributed by atoms with Crippen molar-refractivity contribution in [3.05, 3.63) is 20.4 Å². The fourth-order valence-electron chi connectivity index (χ4n) is 1.09. The molecule has 0 aliphatic carbocycles. The van der Waals surface area contributed by atoms with Gasteiger partial charge >= 0.3 is 29.6 Å². The summed E-state index contributed by atoms with van der Waals surface area (Å²) in [6.45, 7) is 0.0713. The first-order chi connectivity index (χ1) is 6.57. The maximum atomic E-state index is 10.9. The molecule has 1 rings (SSSR count). The van der Waals surface area contributed by atoms with Crippen molar-refractivity contribution in [3.63, 3.8) is 0 Å². The van der Waals surface area contributed by atoms with Gasteiger partial charge in [-0.3, -0.25) is 9.59 Å². The Morgan fingerprint density at radius 2 is 1.80 bits per heavy atom. The molecule has 0 saturated heterocycles. The average Bonchev–Trinajstić information content (AvgIpc) is 2.15. The molecule has 0 fully saturated rings. The van der Waals surface area contributed by atoms with Crippen molar-refractivity contribution in [2.75, 3.05) is 24.2 Å². The number of carboxylic acid groups (broad SMARTS) is 1. The topological polar surface area (TPSA) is 98.3 Å². The van der Waals surface area contributed by atoms with Gasteiger partial charge in [-0.1, -0.05) is 0 Å². The zero-order chi connectivity index (χ0) is 10.7. The van der Waals surface area contributed by atoms with E-state index in [0.717, 1.165) is 0 Å². The number of aliphatic carboxylic acids is 1. The summed E-state index contributed by atoms with van der Waals surface area (Å²) < 4.78 is 0. The third-order valence-electron chi connectivity index (χ3n) is 1.79. The molecule has 0 aliphatic heterocycles. The number of carboxylic acids is 1. The van der Waals surface area contributed by atoms with Gasteiger partial charge in [0.25, 0.3) is 10.9 Å². The Morgan fingerprint density at radius 3 is 2.27 bits per heavy atom. The van der Waals surface area contributed by atoms with Gasteiger partial charge in [0.2, 0.25) is 0 Å². The van der Waals surface area contributed by atoms with E-state index in [2.05, 4.69) is 10.6 Å². The van der Waals surface area contributed by atoms with Crippen molar-refractivity contribution in [1.29, 1.82) is 0 Å². The van der Waals surface area contributed by atoms with E-state index in [0.29, 0.717) is 0 Å². The monoisotopic (exact) mass is 220 g/mol. The average molecular weight is 220 g/mol. The minimum Gasteiger partial charge on any atom is -0.550 e. The molecule has 1 aromatic carbocycles. The Bertz CT molecular complexity index is 422. The van der Waals surface area contributed by atoms with Crippen molar-refractivity contribution in [2.24, 2.45) is 0 Å². The molecule has 6 nitrogen and oxygen atoms in total. The van der Waals surface area contributed by atoms with Gasteiger partial charge < -0.3 is 20.5 Å². The number of nitrogens with one attached hydrogen (secondary N) is 2. The molecule has 0 saturated carbocycles. The van der Waals surface area contributed by atoms with E-state index >= 15 is 0 Å². The Balaban J connectivity index is 0.00000196. The quantitative estimate of drug-likeness (QED) is 0.380. The number of carbonyl (C=O) groups is 1. The van der Waals surface area contributed by atoms with Gasteiger partial charge in [-0.15, -0.1) is 0 Å². The third-order valence-corrected chi connectivity index (χ3v) is 1.79. The minimum absolute atomic E-state index is 0. The zero-order valence-corrected chi connectivity index (χ0v) is 10.5. The predicted octanol–water partition coefficient (Wildman–Crippen LogP) is -5.12. The summed E-state index contributed by atoms with van der Waals surface area (Å²) in [6.07, 6.45) is -0.206. The molecular weight excluding hydrogens is 211 g/mol. The standard InChI is InChI=1S/C8H10N2O4.Na/c1-9-5-6(8(14)7(5)13)10-3-2-4(11)12;/h9-10H,2-3H2,1H3,(H,11,12);/q;+1/p-1. The summed E-state index contributed by atoms with van der Waals surface area (Å²) >= 11 is 0. The maximum absolute atomic E-state index is 10.9. The molecule has 76 valence electrons. The van der Waals surface area contributed by atoms with Crippen molar-refractivity contribution in [1.82, 2.24) is 0 Å². The van der Waals surface area contributed by atoms with Crippen LogP contribution in [0.2, 0.25) is 0 Å². The minimum atomic E-state index is -1.21. The normalized spacial score (nSPS) is 9.40. The van der Waals surface area contributed by atoms with Gasteiger partial charge in [-0.2, -0.15) is 0 Å². The van der Waals surface area contributed by atoms with Crippen molar-refractivity contribution >= 4 is 17.3 Å². The third kappa shape index (κ3) is 3.05. The number of rotatable bonds is 5. The van der Waals surface area contributed by atoms with Crippen molar-refractivity contribution < 1.29 is 39.5 Å². The molecule has 0 atom stereocenters. The van der Waals surface area contributed by atoms with E-state index in [1.54, 1.807) is 0 Å². The second-order valence-electron chi connectivity index (χ2n) is 2.71. The van der Waals surface area contributed by atoms with E-state index in [-0.39, 0.29) is 53.9 Å². The van der Waals surface area contributed by atoms with Gasteiger partial charge in [-0.05, 0) is 0 Å². The van der Waals surface area contributed by atoms with Crippen molar-refractivity contribution in [3.8, 4) is 0 Å².